The minimum Gasteiger partial charge on any atom is -0.393 e. The van der Waals surface area contributed by atoms with Crippen LogP contribution in [0, 0.1) is 11.8 Å². The van der Waals surface area contributed by atoms with Crippen LogP contribution in [0.15, 0.2) is 0 Å². The van der Waals surface area contributed by atoms with Gasteiger partial charge in [-0.2, -0.15) is 0 Å². The molecule has 1 rings (SSSR count). The maximum atomic E-state index is 9.29. The van der Waals surface area contributed by atoms with Gasteiger partial charge in [-0.3, -0.25) is 5.26 Å². The summed E-state index contributed by atoms with van der Waals surface area (Å²) in [4.78, 5) is 4.45. The van der Waals surface area contributed by atoms with Gasteiger partial charge in [-0.05, 0) is 13.3 Å². The Morgan fingerprint density at radius 2 is 2.33 bits per heavy atom. The summed E-state index contributed by atoms with van der Waals surface area (Å²) in [7, 11) is 0. The lowest BCUT2D eigenvalue weighted by molar-refractivity contribution is -0.340. The van der Waals surface area contributed by atoms with Crippen LogP contribution < -0.4 is 0 Å². The van der Waals surface area contributed by atoms with Gasteiger partial charge < -0.3 is 9.84 Å². The first-order valence-corrected chi connectivity index (χ1v) is 5.23. The van der Waals surface area contributed by atoms with Gasteiger partial charge in [-0.25, -0.2) is 4.89 Å². The molecule has 3 atom stereocenters. The highest BCUT2D eigenvalue weighted by molar-refractivity contribution is 5.10. The van der Waals surface area contributed by atoms with Crippen molar-refractivity contribution in [3.63, 3.8) is 0 Å². The van der Waals surface area contributed by atoms with E-state index in [1.165, 1.54) is 0 Å². The lowest BCUT2D eigenvalue weighted by Crippen LogP contribution is -2.44. The lowest BCUT2D eigenvalue weighted by Gasteiger charge is -2.27. The molecule has 0 aromatic carbocycles. The average molecular weight is 214 g/mol. The third kappa shape index (κ3) is 2.50. The van der Waals surface area contributed by atoms with Gasteiger partial charge in [0.05, 0.1) is 12.7 Å². The van der Waals surface area contributed by atoms with Crippen LogP contribution in [0.1, 0.15) is 33.1 Å². The molecule has 0 amide bonds. The van der Waals surface area contributed by atoms with Crippen molar-refractivity contribution in [1.82, 2.24) is 0 Å². The van der Waals surface area contributed by atoms with E-state index >= 15 is 0 Å². The minimum atomic E-state index is -0.996. The monoisotopic (exact) mass is 214 g/mol. The molecule has 15 heavy (non-hydrogen) atoms. The molecular formula is C11H18O4. The normalized spacial score (nSPS) is 34.9. The predicted octanol–water partition coefficient (Wildman–Crippen LogP) is 1.19. The summed E-state index contributed by atoms with van der Waals surface area (Å²) in [5.41, 5.74) is -0.996. The summed E-state index contributed by atoms with van der Waals surface area (Å²) in [5.74, 6) is 5.65. The van der Waals surface area contributed by atoms with E-state index in [9.17, 15) is 5.11 Å². The standard InChI is InChI=1S/C11H18O4/c1-3-5-9-7-11(8-12,15-13)10(14-9)6-4-2/h9-10,12-13H,4,6-8H2,1-2H3. The topological polar surface area (TPSA) is 58.9 Å². The van der Waals surface area contributed by atoms with E-state index in [-0.39, 0.29) is 18.8 Å². The number of ether oxygens (including phenoxy) is 1. The average Bonchev–Trinajstić information content (AvgIpc) is 2.58. The van der Waals surface area contributed by atoms with E-state index in [0.717, 1.165) is 12.8 Å². The third-order valence-corrected chi connectivity index (χ3v) is 2.75. The second-order valence-corrected chi connectivity index (χ2v) is 3.81. The van der Waals surface area contributed by atoms with Gasteiger partial charge in [0, 0.05) is 6.42 Å². The third-order valence-electron chi connectivity index (χ3n) is 2.75. The van der Waals surface area contributed by atoms with E-state index in [4.69, 9.17) is 9.99 Å². The van der Waals surface area contributed by atoms with Crippen molar-refractivity contribution in [1.29, 1.82) is 0 Å². The van der Waals surface area contributed by atoms with Crippen LogP contribution in [0.3, 0.4) is 0 Å². The van der Waals surface area contributed by atoms with Crippen molar-refractivity contribution in [2.45, 2.75) is 50.9 Å². The Morgan fingerprint density at radius 3 is 2.80 bits per heavy atom. The predicted molar refractivity (Wildman–Crippen MR) is 55.2 cm³/mol. The van der Waals surface area contributed by atoms with Crippen LogP contribution in [0.5, 0.6) is 0 Å². The van der Waals surface area contributed by atoms with Gasteiger partial charge >= 0.3 is 0 Å². The fraction of sp³-hybridized carbons (Fsp3) is 0.818. The molecule has 86 valence electrons. The molecule has 1 aliphatic heterocycles. The second kappa shape index (κ2) is 5.47. The van der Waals surface area contributed by atoms with E-state index < -0.39 is 5.60 Å². The summed E-state index contributed by atoms with van der Waals surface area (Å²) in [6.45, 7) is 3.49. The number of aliphatic hydroxyl groups is 1. The van der Waals surface area contributed by atoms with Crippen molar-refractivity contribution < 1.29 is 20.0 Å². The van der Waals surface area contributed by atoms with Crippen molar-refractivity contribution in [3.05, 3.63) is 0 Å². The fourth-order valence-corrected chi connectivity index (χ4v) is 1.95. The van der Waals surface area contributed by atoms with Crippen LogP contribution >= 0.6 is 0 Å². The second-order valence-electron chi connectivity index (χ2n) is 3.81. The first kappa shape index (κ1) is 12.5. The molecule has 0 aromatic rings. The first-order valence-electron chi connectivity index (χ1n) is 5.23. The van der Waals surface area contributed by atoms with Crippen LogP contribution in [0.4, 0.5) is 0 Å². The highest BCUT2D eigenvalue weighted by Gasteiger charge is 2.49. The summed E-state index contributed by atoms with van der Waals surface area (Å²) in [6.07, 6.45) is 1.51. The van der Waals surface area contributed by atoms with Crippen molar-refractivity contribution >= 4 is 0 Å². The zero-order chi connectivity index (χ0) is 11.3. The smallest absolute Gasteiger partial charge is 0.155 e. The largest absolute Gasteiger partial charge is 0.393 e. The Bertz CT molecular complexity index is 249. The molecule has 2 N–H and O–H groups in total. The molecule has 4 nitrogen and oxygen atoms in total. The van der Waals surface area contributed by atoms with Gasteiger partial charge in [0.15, 0.2) is 5.60 Å². The van der Waals surface area contributed by atoms with E-state index in [1.54, 1.807) is 6.92 Å². The van der Waals surface area contributed by atoms with Crippen molar-refractivity contribution in [2.24, 2.45) is 0 Å². The van der Waals surface area contributed by atoms with Gasteiger partial charge in [0.25, 0.3) is 0 Å². The molecular weight excluding hydrogens is 196 g/mol. The molecule has 0 spiro atoms. The number of rotatable bonds is 4. The Hall–Kier alpha value is -0.600. The highest BCUT2D eigenvalue weighted by atomic mass is 17.1. The van der Waals surface area contributed by atoms with Crippen LogP contribution in [-0.4, -0.2) is 34.8 Å². The molecule has 0 aliphatic carbocycles. The number of hydrogen-bond acceptors (Lipinski definition) is 4. The fourth-order valence-electron chi connectivity index (χ4n) is 1.95. The first-order chi connectivity index (χ1) is 7.22. The summed E-state index contributed by atoms with van der Waals surface area (Å²) in [6, 6.07) is 0. The Kier molecular flexibility index (Phi) is 4.55. The zero-order valence-corrected chi connectivity index (χ0v) is 9.19. The molecule has 1 aliphatic rings. The molecule has 0 radical (unpaired) electrons. The molecule has 3 unspecified atom stereocenters. The van der Waals surface area contributed by atoms with Gasteiger partial charge in [-0.1, -0.05) is 19.3 Å². The summed E-state index contributed by atoms with van der Waals surface area (Å²) in [5, 5.41) is 18.2. The van der Waals surface area contributed by atoms with Crippen LogP contribution in [0.25, 0.3) is 0 Å². The lowest BCUT2D eigenvalue weighted by atomic mass is 9.92. The van der Waals surface area contributed by atoms with Gasteiger partial charge in [0.2, 0.25) is 0 Å². The molecule has 0 bridgehead atoms. The SMILES string of the molecule is CC#CC1CC(CO)(OO)C(CCC)O1. The summed E-state index contributed by atoms with van der Waals surface area (Å²) < 4.78 is 5.62. The summed E-state index contributed by atoms with van der Waals surface area (Å²) >= 11 is 0. The number of hydrogen-bond donors (Lipinski definition) is 2. The van der Waals surface area contributed by atoms with E-state index in [0.29, 0.717) is 6.42 Å². The molecule has 0 aromatic heterocycles. The Labute approximate surface area is 90.1 Å². The van der Waals surface area contributed by atoms with Crippen LogP contribution in [0.2, 0.25) is 0 Å². The zero-order valence-electron chi connectivity index (χ0n) is 9.19. The minimum absolute atomic E-state index is 0.254. The molecule has 1 fully saturated rings. The van der Waals surface area contributed by atoms with Crippen LogP contribution in [-0.2, 0) is 9.62 Å². The van der Waals surface area contributed by atoms with Crippen molar-refractivity contribution in [2.75, 3.05) is 6.61 Å². The molecule has 4 heteroatoms. The molecule has 1 saturated heterocycles. The molecule has 0 saturated carbocycles. The highest BCUT2D eigenvalue weighted by Crippen LogP contribution is 2.35. The van der Waals surface area contributed by atoms with Gasteiger partial charge in [0.1, 0.15) is 6.10 Å². The van der Waals surface area contributed by atoms with E-state index in [2.05, 4.69) is 16.7 Å². The van der Waals surface area contributed by atoms with Crippen molar-refractivity contribution in [3.8, 4) is 11.8 Å². The maximum absolute atomic E-state index is 9.29. The number of aliphatic hydroxyl groups excluding tert-OH is 1. The maximum Gasteiger partial charge on any atom is 0.155 e. The van der Waals surface area contributed by atoms with E-state index in [1.807, 2.05) is 6.92 Å². The Balaban J connectivity index is 2.77. The quantitative estimate of drug-likeness (QED) is 0.419. The van der Waals surface area contributed by atoms with Gasteiger partial charge in [-0.15, -0.1) is 5.92 Å². The molecule has 1 heterocycles. The Morgan fingerprint density at radius 1 is 1.60 bits per heavy atom.